The van der Waals surface area contributed by atoms with Crippen LogP contribution in [0, 0.1) is 11.6 Å². The van der Waals surface area contributed by atoms with Crippen molar-refractivity contribution < 1.29 is 22.0 Å². The van der Waals surface area contributed by atoms with Crippen LogP contribution < -0.4 is 15.4 Å². The fraction of sp³-hybridized carbons (Fsp3) is 0.435. The minimum Gasteiger partial charge on any atom is -0.380 e. The first-order chi connectivity index (χ1) is 15.7. The number of sulfonamides is 1. The van der Waals surface area contributed by atoms with E-state index in [2.05, 4.69) is 27.3 Å². The second-order valence-electron chi connectivity index (χ2n) is 9.24. The lowest BCUT2D eigenvalue weighted by Crippen LogP contribution is -2.40. The first-order valence-corrected chi connectivity index (χ1v) is 12.6. The molecule has 1 aliphatic carbocycles. The third-order valence-electron chi connectivity index (χ3n) is 7.05. The lowest BCUT2D eigenvalue weighted by Gasteiger charge is -2.36. The van der Waals surface area contributed by atoms with E-state index in [-0.39, 0.29) is 17.6 Å². The average Bonchev–Trinajstić information content (AvgIpc) is 3.01. The smallest absolute Gasteiger partial charge is 0.264 e. The van der Waals surface area contributed by atoms with Gasteiger partial charge in [-0.3, -0.25) is 9.52 Å². The fourth-order valence-corrected chi connectivity index (χ4v) is 6.09. The molecule has 176 valence electrons. The highest BCUT2D eigenvalue weighted by Crippen LogP contribution is 2.54. The van der Waals surface area contributed by atoms with Gasteiger partial charge in [0.15, 0.2) is 0 Å². The third-order valence-corrected chi connectivity index (χ3v) is 8.46. The van der Waals surface area contributed by atoms with E-state index in [9.17, 15) is 22.0 Å². The number of benzene rings is 2. The molecule has 3 aliphatic rings. The van der Waals surface area contributed by atoms with E-state index in [1.165, 1.54) is 0 Å². The molecule has 5 rings (SSSR count). The van der Waals surface area contributed by atoms with Gasteiger partial charge in [-0.05, 0) is 75.6 Å². The molecule has 2 aliphatic heterocycles. The molecule has 2 aromatic rings. The molecule has 1 saturated heterocycles. The Morgan fingerprint density at radius 1 is 1.12 bits per heavy atom. The quantitative estimate of drug-likeness (QED) is 0.613. The lowest BCUT2D eigenvalue weighted by atomic mass is 9.65. The largest absolute Gasteiger partial charge is 0.380 e. The number of fused-ring (bicyclic) bond motifs is 2. The Kier molecular flexibility index (Phi) is 5.32. The predicted octanol–water partition coefficient (Wildman–Crippen LogP) is 3.65. The van der Waals surface area contributed by atoms with Crippen molar-refractivity contribution in [1.29, 1.82) is 0 Å². The Labute approximate surface area is 191 Å². The van der Waals surface area contributed by atoms with Gasteiger partial charge in [0.25, 0.3) is 10.0 Å². The predicted molar refractivity (Wildman–Crippen MR) is 122 cm³/mol. The molecule has 1 spiro atoms. The number of hydrogen-bond acceptors (Lipinski definition) is 5. The van der Waals surface area contributed by atoms with Crippen LogP contribution in [0.1, 0.15) is 37.7 Å². The number of amides is 1. The van der Waals surface area contributed by atoms with Crippen molar-refractivity contribution >= 4 is 33.0 Å². The molecule has 2 aromatic carbocycles. The highest BCUT2D eigenvalue weighted by Gasteiger charge is 2.52. The number of piperidine rings is 1. The molecule has 10 heteroatoms. The molecule has 0 unspecified atom stereocenters. The number of halogens is 2. The number of likely N-dealkylation sites (tertiary alicyclic amines) is 1. The number of rotatable bonds is 5. The third kappa shape index (κ3) is 3.85. The Bertz CT molecular complexity index is 1220. The van der Waals surface area contributed by atoms with Crippen LogP contribution in [0.4, 0.5) is 25.8 Å². The summed E-state index contributed by atoms with van der Waals surface area (Å²) >= 11 is 0. The van der Waals surface area contributed by atoms with Crippen molar-refractivity contribution in [3.05, 3.63) is 47.5 Å². The van der Waals surface area contributed by atoms with Crippen LogP contribution in [0.2, 0.25) is 0 Å². The number of carbonyl (C=O) groups excluding carboxylic acids is 1. The van der Waals surface area contributed by atoms with Crippen molar-refractivity contribution in [2.45, 2.75) is 48.5 Å². The second kappa shape index (κ2) is 7.95. The highest BCUT2D eigenvalue weighted by molar-refractivity contribution is 7.92. The topological polar surface area (TPSA) is 90.5 Å². The van der Waals surface area contributed by atoms with Gasteiger partial charge in [0.1, 0.15) is 16.5 Å². The zero-order valence-corrected chi connectivity index (χ0v) is 19.1. The van der Waals surface area contributed by atoms with Crippen molar-refractivity contribution in [2.24, 2.45) is 0 Å². The number of anilines is 3. The van der Waals surface area contributed by atoms with Crippen molar-refractivity contribution in [1.82, 2.24) is 4.90 Å². The normalized spacial score (nSPS) is 20.3. The van der Waals surface area contributed by atoms with E-state index in [0.29, 0.717) is 30.3 Å². The minimum atomic E-state index is -4.31. The lowest BCUT2D eigenvalue weighted by molar-refractivity contribution is -0.123. The Hall–Kier alpha value is -2.72. The molecule has 3 N–H and O–H groups in total. The SMILES string of the molecule is CN1CCC(Nc2cc(NS(=O)(=O)c3ccc(F)cc3F)cc3c2NC(=O)C32CCC2)CC1. The van der Waals surface area contributed by atoms with Gasteiger partial charge in [0.05, 0.1) is 22.5 Å². The van der Waals surface area contributed by atoms with E-state index in [4.69, 9.17) is 0 Å². The second-order valence-corrected chi connectivity index (χ2v) is 10.9. The summed E-state index contributed by atoms with van der Waals surface area (Å²) in [5.74, 6) is -2.09. The molecule has 0 radical (unpaired) electrons. The maximum Gasteiger partial charge on any atom is 0.264 e. The van der Waals surface area contributed by atoms with Gasteiger partial charge in [-0.15, -0.1) is 0 Å². The highest BCUT2D eigenvalue weighted by atomic mass is 32.2. The Morgan fingerprint density at radius 2 is 1.85 bits per heavy atom. The van der Waals surface area contributed by atoms with Gasteiger partial charge in [-0.2, -0.15) is 0 Å². The molecule has 2 fully saturated rings. The van der Waals surface area contributed by atoms with Crippen LogP contribution in [0.3, 0.4) is 0 Å². The van der Waals surface area contributed by atoms with Crippen molar-refractivity contribution in [3.8, 4) is 0 Å². The molecule has 0 atom stereocenters. The molecule has 0 aromatic heterocycles. The van der Waals surface area contributed by atoms with Gasteiger partial charge in [0.2, 0.25) is 5.91 Å². The van der Waals surface area contributed by atoms with Crippen LogP contribution in [-0.2, 0) is 20.2 Å². The fourth-order valence-electron chi connectivity index (χ4n) is 4.99. The maximum atomic E-state index is 14.2. The summed E-state index contributed by atoms with van der Waals surface area (Å²) in [5, 5.41) is 6.50. The number of nitrogens with one attached hydrogen (secondary N) is 3. The van der Waals surface area contributed by atoms with E-state index in [0.717, 1.165) is 50.0 Å². The molecule has 1 saturated carbocycles. The van der Waals surface area contributed by atoms with E-state index in [1.807, 2.05) is 0 Å². The van der Waals surface area contributed by atoms with E-state index in [1.54, 1.807) is 12.1 Å². The Balaban J connectivity index is 1.52. The van der Waals surface area contributed by atoms with Gasteiger partial charge >= 0.3 is 0 Å². The summed E-state index contributed by atoms with van der Waals surface area (Å²) in [6.07, 6.45) is 4.15. The monoisotopic (exact) mass is 476 g/mol. The maximum absolute atomic E-state index is 14.2. The van der Waals surface area contributed by atoms with Gasteiger partial charge in [-0.25, -0.2) is 17.2 Å². The van der Waals surface area contributed by atoms with Gasteiger partial charge < -0.3 is 15.5 Å². The van der Waals surface area contributed by atoms with E-state index >= 15 is 0 Å². The molecular formula is C23H26F2N4O3S. The summed E-state index contributed by atoms with van der Waals surface area (Å²) in [5.41, 5.74) is 1.68. The molecule has 1 amide bonds. The first kappa shape index (κ1) is 22.1. The van der Waals surface area contributed by atoms with Crippen LogP contribution in [-0.4, -0.2) is 45.4 Å². The van der Waals surface area contributed by atoms with Crippen molar-refractivity contribution in [2.75, 3.05) is 35.5 Å². The van der Waals surface area contributed by atoms with Gasteiger partial charge in [0, 0.05) is 12.1 Å². The summed E-state index contributed by atoms with van der Waals surface area (Å²) in [7, 11) is -2.24. The van der Waals surface area contributed by atoms with Crippen LogP contribution in [0.15, 0.2) is 35.2 Å². The number of carbonyl (C=O) groups is 1. The zero-order chi connectivity index (χ0) is 23.4. The molecule has 7 nitrogen and oxygen atoms in total. The molecular weight excluding hydrogens is 450 g/mol. The van der Waals surface area contributed by atoms with Crippen molar-refractivity contribution in [3.63, 3.8) is 0 Å². The number of nitrogens with zero attached hydrogens (tertiary/aromatic N) is 1. The Morgan fingerprint density at radius 3 is 2.48 bits per heavy atom. The number of hydrogen-bond donors (Lipinski definition) is 3. The molecule has 2 heterocycles. The summed E-state index contributed by atoms with van der Waals surface area (Å²) in [4.78, 5) is 14.5. The van der Waals surface area contributed by atoms with E-state index < -0.39 is 32.0 Å². The van der Waals surface area contributed by atoms with Gasteiger partial charge in [-0.1, -0.05) is 6.42 Å². The van der Waals surface area contributed by atoms with Crippen LogP contribution in [0.25, 0.3) is 0 Å². The first-order valence-electron chi connectivity index (χ1n) is 11.1. The molecule has 33 heavy (non-hydrogen) atoms. The summed E-state index contributed by atoms with van der Waals surface area (Å²) in [6.45, 7) is 1.87. The summed E-state index contributed by atoms with van der Waals surface area (Å²) < 4.78 is 55.7. The standard InChI is InChI=1S/C23H26F2N4O3S/c1-29-9-5-15(6-10-29)26-19-13-16(12-17-21(19)27-22(30)23(17)7-2-8-23)28-33(31,32)20-4-3-14(24)11-18(20)25/h3-4,11-13,15,26,28H,2,5-10H2,1H3,(H,27,30). The average molecular weight is 477 g/mol. The van der Waals surface area contributed by atoms with Crippen LogP contribution >= 0.6 is 0 Å². The summed E-state index contributed by atoms with van der Waals surface area (Å²) in [6, 6.07) is 5.81. The minimum absolute atomic E-state index is 0.0697. The van der Waals surface area contributed by atoms with Crippen LogP contribution in [0.5, 0.6) is 0 Å². The molecule has 0 bridgehead atoms. The zero-order valence-electron chi connectivity index (χ0n) is 18.2.